The molecule has 0 aliphatic carbocycles. The summed E-state index contributed by atoms with van der Waals surface area (Å²) in [4.78, 5) is 40.4. The van der Waals surface area contributed by atoms with Gasteiger partial charge in [-0.1, -0.05) is 27.7 Å². The quantitative estimate of drug-likeness (QED) is 0.696. The van der Waals surface area contributed by atoms with Crippen LogP contribution < -0.4 is 5.32 Å². The number of nitrogens with one attached hydrogen (secondary N) is 1. The monoisotopic (exact) mass is 339 g/mol. The van der Waals surface area contributed by atoms with Gasteiger partial charge in [-0.25, -0.2) is 0 Å². The van der Waals surface area contributed by atoms with E-state index in [0.717, 1.165) is 25.9 Å². The van der Waals surface area contributed by atoms with Crippen LogP contribution in [-0.4, -0.2) is 59.7 Å². The highest BCUT2D eigenvalue weighted by Gasteiger charge is 2.33. The van der Waals surface area contributed by atoms with Crippen LogP contribution in [0.15, 0.2) is 0 Å². The molecule has 24 heavy (non-hydrogen) atoms. The summed E-state index contributed by atoms with van der Waals surface area (Å²) in [7, 11) is 0. The molecule has 1 N–H and O–H groups in total. The molecular weight excluding hydrogens is 306 g/mol. The van der Waals surface area contributed by atoms with Crippen LogP contribution in [0.2, 0.25) is 0 Å². The molecule has 0 saturated carbocycles. The van der Waals surface area contributed by atoms with Crippen molar-refractivity contribution in [1.82, 2.24) is 15.1 Å². The lowest BCUT2D eigenvalue weighted by Crippen LogP contribution is -2.57. The van der Waals surface area contributed by atoms with Gasteiger partial charge in [0.2, 0.25) is 17.7 Å². The highest BCUT2D eigenvalue weighted by molar-refractivity contribution is 5.90. The Morgan fingerprint density at radius 1 is 1.21 bits per heavy atom. The Labute approximate surface area is 145 Å². The van der Waals surface area contributed by atoms with Crippen molar-refractivity contribution in [1.29, 1.82) is 0 Å². The number of amides is 3. The first kappa shape index (κ1) is 20.5. The second-order valence-corrected chi connectivity index (χ2v) is 6.90. The maximum atomic E-state index is 12.6. The lowest BCUT2D eigenvalue weighted by atomic mass is 9.99. The van der Waals surface area contributed by atoms with Crippen molar-refractivity contribution in [2.75, 3.05) is 26.2 Å². The van der Waals surface area contributed by atoms with E-state index in [0.29, 0.717) is 25.4 Å². The van der Waals surface area contributed by atoms with Gasteiger partial charge >= 0.3 is 0 Å². The van der Waals surface area contributed by atoms with Gasteiger partial charge in [-0.05, 0) is 25.2 Å². The average molecular weight is 339 g/mol. The van der Waals surface area contributed by atoms with Gasteiger partial charge in [0.05, 0.1) is 0 Å². The molecule has 6 heteroatoms. The van der Waals surface area contributed by atoms with E-state index in [4.69, 9.17) is 0 Å². The molecule has 0 aromatic carbocycles. The summed E-state index contributed by atoms with van der Waals surface area (Å²) in [5, 5.41) is 2.83. The van der Waals surface area contributed by atoms with E-state index in [-0.39, 0.29) is 30.6 Å². The van der Waals surface area contributed by atoms with Crippen LogP contribution in [0.4, 0.5) is 0 Å². The zero-order valence-electron chi connectivity index (χ0n) is 15.6. The van der Waals surface area contributed by atoms with Crippen molar-refractivity contribution in [3.05, 3.63) is 0 Å². The fraction of sp³-hybridized carbons (Fsp3) is 0.833. The molecule has 138 valence electrons. The highest BCUT2D eigenvalue weighted by Crippen LogP contribution is 2.16. The molecule has 1 saturated heterocycles. The van der Waals surface area contributed by atoms with Gasteiger partial charge < -0.3 is 15.1 Å². The Morgan fingerprint density at radius 2 is 1.83 bits per heavy atom. The normalized spacial score (nSPS) is 17.8. The summed E-state index contributed by atoms with van der Waals surface area (Å²) < 4.78 is 0. The summed E-state index contributed by atoms with van der Waals surface area (Å²) in [6.07, 6.45) is 2.91. The van der Waals surface area contributed by atoms with E-state index in [1.54, 1.807) is 4.90 Å². The molecule has 1 atom stereocenters. The molecule has 0 aromatic rings. The van der Waals surface area contributed by atoms with Crippen molar-refractivity contribution < 1.29 is 14.4 Å². The van der Waals surface area contributed by atoms with Crippen LogP contribution in [0.25, 0.3) is 0 Å². The predicted molar refractivity (Wildman–Crippen MR) is 94.4 cm³/mol. The maximum Gasteiger partial charge on any atom is 0.242 e. The number of nitrogens with zero attached hydrogens (tertiary/aromatic N) is 2. The van der Waals surface area contributed by atoms with Crippen LogP contribution >= 0.6 is 0 Å². The summed E-state index contributed by atoms with van der Waals surface area (Å²) >= 11 is 0. The van der Waals surface area contributed by atoms with Crippen molar-refractivity contribution in [3.63, 3.8) is 0 Å². The number of piperazine rings is 1. The van der Waals surface area contributed by atoms with E-state index >= 15 is 0 Å². The Hall–Kier alpha value is -1.59. The van der Waals surface area contributed by atoms with E-state index in [1.807, 2.05) is 32.6 Å². The van der Waals surface area contributed by atoms with Crippen LogP contribution in [0, 0.1) is 5.92 Å². The van der Waals surface area contributed by atoms with Gasteiger partial charge in [0.1, 0.15) is 6.04 Å². The number of carbonyl (C=O) groups excluding carboxylic acids is 3. The molecule has 1 aliphatic heterocycles. The standard InChI is InChI=1S/C18H33N3O3/c1-5-10-20(11-6-2)16(22)7-8-17(23)21-12-9-19-18(24)15(21)13-14(3)4/h14-15H,5-13H2,1-4H3,(H,19,24)/t15-/m1/s1. The van der Waals surface area contributed by atoms with Crippen molar-refractivity contribution in [2.45, 2.75) is 65.8 Å². The minimum Gasteiger partial charge on any atom is -0.353 e. The maximum absolute atomic E-state index is 12.6. The fourth-order valence-corrected chi connectivity index (χ4v) is 3.11. The molecule has 3 amide bonds. The smallest absolute Gasteiger partial charge is 0.242 e. The Bertz CT molecular complexity index is 431. The van der Waals surface area contributed by atoms with Crippen LogP contribution in [0.1, 0.15) is 59.8 Å². The van der Waals surface area contributed by atoms with Gasteiger partial charge in [-0.2, -0.15) is 0 Å². The molecule has 1 fully saturated rings. The predicted octanol–water partition coefficient (Wildman–Crippen LogP) is 1.79. The van der Waals surface area contributed by atoms with E-state index in [1.165, 1.54) is 0 Å². The van der Waals surface area contributed by atoms with Crippen LogP contribution in [-0.2, 0) is 14.4 Å². The third kappa shape index (κ3) is 6.13. The first-order valence-electron chi connectivity index (χ1n) is 9.25. The van der Waals surface area contributed by atoms with E-state index < -0.39 is 6.04 Å². The molecule has 6 nitrogen and oxygen atoms in total. The molecule has 0 spiro atoms. The third-order valence-electron chi connectivity index (χ3n) is 4.24. The number of carbonyl (C=O) groups is 3. The summed E-state index contributed by atoms with van der Waals surface area (Å²) in [6, 6.07) is -0.399. The van der Waals surface area contributed by atoms with Crippen molar-refractivity contribution in [2.24, 2.45) is 5.92 Å². The molecule has 0 bridgehead atoms. The minimum absolute atomic E-state index is 0.0360. The Kier molecular flexibility index (Phi) is 8.79. The lowest BCUT2D eigenvalue weighted by Gasteiger charge is -2.36. The lowest BCUT2D eigenvalue weighted by molar-refractivity contribution is -0.145. The SMILES string of the molecule is CCCN(CCC)C(=O)CCC(=O)N1CCNC(=O)[C@H]1CC(C)C. The molecular formula is C18H33N3O3. The fourth-order valence-electron chi connectivity index (χ4n) is 3.11. The molecule has 0 radical (unpaired) electrons. The number of rotatable bonds is 9. The number of hydrogen-bond donors (Lipinski definition) is 1. The Morgan fingerprint density at radius 3 is 2.38 bits per heavy atom. The first-order chi connectivity index (χ1) is 11.4. The summed E-state index contributed by atoms with van der Waals surface area (Å²) in [5.74, 6) is 0.208. The van der Waals surface area contributed by atoms with Crippen LogP contribution in [0.3, 0.4) is 0 Å². The largest absolute Gasteiger partial charge is 0.353 e. The van der Waals surface area contributed by atoms with Gasteiger partial charge in [0, 0.05) is 39.0 Å². The van der Waals surface area contributed by atoms with Gasteiger partial charge in [-0.15, -0.1) is 0 Å². The van der Waals surface area contributed by atoms with Crippen LogP contribution in [0.5, 0.6) is 0 Å². The second-order valence-electron chi connectivity index (χ2n) is 6.90. The number of hydrogen-bond acceptors (Lipinski definition) is 3. The molecule has 0 unspecified atom stereocenters. The molecule has 1 heterocycles. The molecule has 0 aromatic heterocycles. The molecule has 1 aliphatic rings. The zero-order chi connectivity index (χ0) is 18.1. The Balaban J connectivity index is 2.61. The molecule has 1 rings (SSSR count). The van der Waals surface area contributed by atoms with Gasteiger partial charge in [0.15, 0.2) is 0 Å². The van der Waals surface area contributed by atoms with Crippen molar-refractivity contribution >= 4 is 17.7 Å². The zero-order valence-corrected chi connectivity index (χ0v) is 15.6. The average Bonchev–Trinajstić information content (AvgIpc) is 2.53. The van der Waals surface area contributed by atoms with Gasteiger partial charge in [0.25, 0.3) is 0 Å². The summed E-state index contributed by atoms with van der Waals surface area (Å²) in [5.41, 5.74) is 0. The van der Waals surface area contributed by atoms with E-state index in [9.17, 15) is 14.4 Å². The van der Waals surface area contributed by atoms with Gasteiger partial charge in [-0.3, -0.25) is 14.4 Å². The summed E-state index contributed by atoms with van der Waals surface area (Å²) in [6.45, 7) is 10.7. The van der Waals surface area contributed by atoms with E-state index in [2.05, 4.69) is 5.32 Å². The highest BCUT2D eigenvalue weighted by atomic mass is 16.2. The topological polar surface area (TPSA) is 69.7 Å². The second kappa shape index (κ2) is 10.3. The third-order valence-corrected chi connectivity index (χ3v) is 4.24. The minimum atomic E-state index is -0.399. The van der Waals surface area contributed by atoms with Crippen molar-refractivity contribution in [3.8, 4) is 0 Å². The first-order valence-corrected chi connectivity index (χ1v) is 9.25.